The number of carbonyl (C=O) groups excluding carboxylic acids is 2. The second-order valence-corrected chi connectivity index (χ2v) is 9.02. The van der Waals surface area contributed by atoms with E-state index in [9.17, 15) is 14.7 Å². The molecule has 2 saturated heterocycles. The minimum Gasteiger partial charge on any atom is -0.444 e. The van der Waals surface area contributed by atoms with Crippen molar-refractivity contribution in [3.63, 3.8) is 0 Å². The maximum Gasteiger partial charge on any atom is 0.410 e. The van der Waals surface area contributed by atoms with E-state index in [-0.39, 0.29) is 18.0 Å². The lowest BCUT2D eigenvalue weighted by molar-refractivity contribution is -0.125. The van der Waals surface area contributed by atoms with Gasteiger partial charge in [0.2, 0.25) is 5.91 Å². The number of aliphatic hydroxyl groups is 1. The number of ether oxygens (including phenoxy) is 1. The van der Waals surface area contributed by atoms with Gasteiger partial charge in [-0.05, 0) is 41.2 Å². The predicted octanol–water partition coefficient (Wildman–Crippen LogP) is 1.46. The molecular formula is C19H31N5O4. The van der Waals surface area contributed by atoms with Crippen LogP contribution < -0.4 is 5.32 Å². The van der Waals surface area contributed by atoms with Crippen molar-refractivity contribution >= 4 is 17.8 Å². The number of amides is 2. The van der Waals surface area contributed by atoms with Crippen LogP contribution in [0.1, 0.15) is 46.6 Å². The second-order valence-electron chi connectivity index (χ2n) is 9.02. The number of aromatic nitrogens is 2. The van der Waals surface area contributed by atoms with Crippen LogP contribution in [0.15, 0.2) is 12.3 Å². The molecule has 3 rings (SSSR count). The molecule has 0 spiro atoms. The van der Waals surface area contributed by atoms with E-state index >= 15 is 0 Å². The van der Waals surface area contributed by atoms with Crippen LogP contribution in [0.4, 0.5) is 10.6 Å². The van der Waals surface area contributed by atoms with Gasteiger partial charge in [-0.15, -0.1) is 0 Å². The zero-order valence-electron chi connectivity index (χ0n) is 17.3. The van der Waals surface area contributed by atoms with Crippen LogP contribution in [0, 0.1) is 0 Å². The first-order valence-corrected chi connectivity index (χ1v) is 9.72. The van der Waals surface area contributed by atoms with Crippen molar-refractivity contribution in [3.8, 4) is 0 Å². The second kappa shape index (κ2) is 7.36. The Morgan fingerprint density at radius 2 is 2.07 bits per heavy atom. The molecule has 9 heteroatoms. The highest BCUT2D eigenvalue weighted by atomic mass is 16.6. The summed E-state index contributed by atoms with van der Waals surface area (Å²) in [5, 5.41) is 17.2. The van der Waals surface area contributed by atoms with Crippen molar-refractivity contribution in [2.75, 3.05) is 32.0 Å². The minimum absolute atomic E-state index is 0.0460. The fraction of sp³-hybridized carbons (Fsp3) is 0.737. The van der Waals surface area contributed by atoms with Crippen molar-refractivity contribution in [2.24, 2.45) is 0 Å². The molecule has 1 aromatic heterocycles. The van der Waals surface area contributed by atoms with Gasteiger partial charge in [0.25, 0.3) is 0 Å². The first-order valence-electron chi connectivity index (χ1n) is 9.72. The van der Waals surface area contributed by atoms with Crippen LogP contribution in [0.5, 0.6) is 0 Å². The Morgan fingerprint density at radius 1 is 1.36 bits per heavy atom. The van der Waals surface area contributed by atoms with E-state index in [0.717, 1.165) is 6.42 Å². The van der Waals surface area contributed by atoms with E-state index in [1.54, 1.807) is 15.6 Å². The van der Waals surface area contributed by atoms with Crippen molar-refractivity contribution in [3.05, 3.63) is 12.3 Å². The summed E-state index contributed by atoms with van der Waals surface area (Å²) in [4.78, 5) is 28.5. The Kier molecular flexibility index (Phi) is 5.42. The Balaban J connectivity index is 1.59. The van der Waals surface area contributed by atoms with Gasteiger partial charge >= 0.3 is 6.09 Å². The number of anilines is 1. The third kappa shape index (κ3) is 4.30. The van der Waals surface area contributed by atoms with Crippen LogP contribution in [0.3, 0.4) is 0 Å². The molecule has 3 heterocycles. The molecule has 0 aliphatic carbocycles. The molecule has 2 fully saturated rings. The number of β-amino-alcohol motifs (C(OH)–C–C–N with tert-alkyl or cyclic N) is 1. The van der Waals surface area contributed by atoms with E-state index in [1.165, 1.54) is 0 Å². The number of nitrogens with zero attached hydrogens (tertiary/aromatic N) is 4. The van der Waals surface area contributed by atoms with Crippen molar-refractivity contribution in [2.45, 2.75) is 63.8 Å². The number of likely N-dealkylation sites (tertiary alicyclic amines) is 2. The summed E-state index contributed by atoms with van der Waals surface area (Å²) in [5.41, 5.74) is -1.28. The van der Waals surface area contributed by atoms with Crippen LogP contribution in [0.25, 0.3) is 0 Å². The quantitative estimate of drug-likeness (QED) is 0.806. The molecule has 3 unspecified atom stereocenters. The molecule has 9 nitrogen and oxygen atoms in total. The topological polar surface area (TPSA) is 99.9 Å². The van der Waals surface area contributed by atoms with Gasteiger partial charge in [-0.1, -0.05) is 0 Å². The number of likely N-dealkylation sites (N-methyl/N-ethyl adjacent to an activating group) is 1. The number of nitrogens with one attached hydrogen (secondary N) is 1. The van der Waals surface area contributed by atoms with Crippen LogP contribution in [-0.2, 0) is 9.53 Å². The average molecular weight is 393 g/mol. The van der Waals surface area contributed by atoms with Gasteiger partial charge in [0.05, 0.1) is 12.1 Å². The molecule has 0 saturated carbocycles. The molecule has 2 N–H and O–H groups in total. The van der Waals surface area contributed by atoms with Crippen LogP contribution in [-0.4, -0.2) is 80.6 Å². The average Bonchev–Trinajstić information content (AvgIpc) is 3.25. The molecule has 0 bridgehead atoms. The van der Waals surface area contributed by atoms with Crippen molar-refractivity contribution in [1.82, 2.24) is 19.6 Å². The highest BCUT2D eigenvalue weighted by Crippen LogP contribution is 2.29. The zero-order chi connectivity index (χ0) is 20.7. The number of carbonyl (C=O) groups is 2. The number of hydrogen-bond acceptors (Lipinski definition) is 6. The molecule has 1 aromatic rings. The largest absolute Gasteiger partial charge is 0.444 e. The normalized spacial score (nSPS) is 28.6. The molecule has 3 atom stereocenters. The van der Waals surface area contributed by atoms with Gasteiger partial charge in [-0.3, -0.25) is 14.4 Å². The molecule has 2 aliphatic rings. The molecular weight excluding hydrogens is 362 g/mol. The lowest BCUT2D eigenvalue weighted by Crippen LogP contribution is -2.49. The third-order valence-electron chi connectivity index (χ3n) is 5.49. The maximum atomic E-state index is 12.7. The van der Waals surface area contributed by atoms with Gasteiger partial charge in [0, 0.05) is 38.3 Å². The van der Waals surface area contributed by atoms with E-state index in [4.69, 9.17) is 4.74 Å². The highest BCUT2D eigenvalue weighted by molar-refractivity contribution is 5.97. The van der Waals surface area contributed by atoms with Gasteiger partial charge in [-0.2, -0.15) is 5.10 Å². The zero-order valence-corrected chi connectivity index (χ0v) is 17.3. The molecule has 0 radical (unpaired) electrons. The first kappa shape index (κ1) is 20.6. The van der Waals surface area contributed by atoms with Gasteiger partial charge < -0.3 is 20.1 Å². The van der Waals surface area contributed by atoms with Crippen LogP contribution in [0.2, 0.25) is 0 Å². The summed E-state index contributed by atoms with van der Waals surface area (Å²) >= 11 is 0. The smallest absolute Gasteiger partial charge is 0.410 e. The van der Waals surface area contributed by atoms with Gasteiger partial charge in [0.1, 0.15) is 11.1 Å². The van der Waals surface area contributed by atoms with E-state index in [1.807, 2.05) is 45.8 Å². The fourth-order valence-electron chi connectivity index (χ4n) is 3.77. The van der Waals surface area contributed by atoms with Crippen molar-refractivity contribution in [1.29, 1.82) is 0 Å². The monoisotopic (exact) mass is 393 g/mol. The highest BCUT2D eigenvalue weighted by Gasteiger charge is 2.45. The Hall–Kier alpha value is -2.13. The summed E-state index contributed by atoms with van der Waals surface area (Å²) < 4.78 is 7.21. The summed E-state index contributed by atoms with van der Waals surface area (Å²) in [5.74, 6) is 0.287. The van der Waals surface area contributed by atoms with Gasteiger partial charge in [-0.25, -0.2) is 4.79 Å². The number of aliphatic hydroxyl groups excluding tert-OH is 1. The number of rotatable bonds is 3. The minimum atomic E-state index is -0.760. The Bertz CT molecular complexity index is 743. The Morgan fingerprint density at radius 3 is 2.68 bits per heavy atom. The summed E-state index contributed by atoms with van der Waals surface area (Å²) in [6.07, 6.45) is 2.17. The lowest BCUT2D eigenvalue weighted by Gasteiger charge is -2.29. The van der Waals surface area contributed by atoms with Gasteiger partial charge in [0.15, 0.2) is 5.82 Å². The predicted molar refractivity (Wildman–Crippen MR) is 104 cm³/mol. The Labute approximate surface area is 165 Å². The summed E-state index contributed by atoms with van der Waals surface area (Å²) in [6, 6.07) is 1.80. The molecule has 2 amide bonds. The number of hydrogen-bond donors (Lipinski definition) is 2. The summed E-state index contributed by atoms with van der Waals surface area (Å²) in [6.45, 7) is 8.98. The van der Waals surface area contributed by atoms with E-state index < -0.39 is 17.2 Å². The third-order valence-corrected chi connectivity index (χ3v) is 5.49. The molecule has 156 valence electrons. The SMILES string of the molecule is CN1CC(O)CC1(C)C(=O)Nc1ccn(C2CCN(C(=O)OC(C)(C)C)C2)n1. The molecule has 0 aromatic carbocycles. The van der Waals surface area contributed by atoms with Crippen LogP contribution >= 0.6 is 0 Å². The molecule has 28 heavy (non-hydrogen) atoms. The van der Waals surface area contributed by atoms with Crippen molar-refractivity contribution < 1.29 is 19.4 Å². The van der Waals surface area contributed by atoms with E-state index in [2.05, 4.69) is 10.4 Å². The maximum absolute atomic E-state index is 12.7. The first-order chi connectivity index (χ1) is 13.0. The summed E-state index contributed by atoms with van der Waals surface area (Å²) in [7, 11) is 1.83. The fourth-order valence-corrected chi connectivity index (χ4v) is 3.77. The lowest BCUT2D eigenvalue weighted by atomic mass is 9.97. The molecule has 2 aliphatic heterocycles. The standard InChI is InChI=1S/C19H31N5O4/c1-18(2,3)28-17(27)23-8-6-13(11-23)24-9-7-15(21-24)20-16(26)19(4)10-14(25)12-22(19)5/h7,9,13-14,25H,6,8,10-12H2,1-5H3,(H,20,21,26). The van der Waals surface area contributed by atoms with E-state index in [0.29, 0.717) is 31.9 Å².